The molecule has 0 bridgehead atoms. The van der Waals surface area contributed by atoms with Gasteiger partial charge in [-0.1, -0.05) is 29.8 Å². The van der Waals surface area contributed by atoms with E-state index in [0.717, 1.165) is 44.0 Å². The highest BCUT2D eigenvalue weighted by atomic mass is 79.9. The van der Waals surface area contributed by atoms with Crippen LogP contribution in [0.3, 0.4) is 0 Å². The minimum Gasteiger partial charge on any atom is -0.490 e. The lowest BCUT2D eigenvalue weighted by Crippen LogP contribution is -2.08. The van der Waals surface area contributed by atoms with E-state index in [-0.39, 0.29) is 0 Å². The number of halogens is 1. The molecule has 0 fully saturated rings. The molecule has 0 aliphatic heterocycles. The Bertz CT molecular complexity index is 417. The van der Waals surface area contributed by atoms with Crippen molar-refractivity contribution in [3.63, 3.8) is 0 Å². The fraction of sp³-hybridized carbons (Fsp3) is 0.625. The molecule has 1 aliphatic rings. The number of hydrogen-bond acceptors (Lipinski definition) is 2. The Morgan fingerprint density at radius 1 is 1.11 bits per heavy atom. The maximum absolute atomic E-state index is 5.85. The number of benzene rings is 1. The molecule has 0 radical (unpaired) electrons. The molecule has 106 valence electrons. The highest BCUT2D eigenvalue weighted by molar-refractivity contribution is 9.09. The lowest BCUT2D eigenvalue weighted by molar-refractivity contribution is 0.267. The van der Waals surface area contributed by atoms with Crippen LogP contribution in [0.2, 0.25) is 0 Å². The Kier molecular flexibility index (Phi) is 5.56. The van der Waals surface area contributed by atoms with Gasteiger partial charge in [0.15, 0.2) is 11.5 Å². The first-order valence-electron chi connectivity index (χ1n) is 7.32. The standard InChI is InChI=1S/C16H23BrO2/c1-3-8-18-15-10-12-6-5-7-14(17)13(12)11-16(15)19-9-4-2/h10-11,14H,3-9H2,1-2H3. The van der Waals surface area contributed by atoms with Crippen LogP contribution in [-0.4, -0.2) is 13.2 Å². The summed E-state index contributed by atoms with van der Waals surface area (Å²) in [6.07, 6.45) is 5.63. The molecule has 0 saturated heterocycles. The Morgan fingerprint density at radius 2 is 1.74 bits per heavy atom. The van der Waals surface area contributed by atoms with Crippen molar-refractivity contribution in [1.82, 2.24) is 0 Å². The van der Waals surface area contributed by atoms with E-state index in [1.807, 2.05) is 0 Å². The van der Waals surface area contributed by atoms with E-state index in [1.54, 1.807) is 0 Å². The lowest BCUT2D eigenvalue weighted by atomic mass is 9.91. The largest absolute Gasteiger partial charge is 0.490 e. The van der Waals surface area contributed by atoms with Gasteiger partial charge < -0.3 is 9.47 Å². The van der Waals surface area contributed by atoms with Crippen LogP contribution in [0.25, 0.3) is 0 Å². The molecule has 1 atom stereocenters. The van der Waals surface area contributed by atoms with Crippen LogP contribution in [0.4, 0.5) is 0 Å². The summed E-state index contributed by atoms with van der Waals surface area (Å²) >= 11 is 3.77. The summed E-state index contributed by atoms with van der Waals surface area (Å²) in [5.41, 5.74) is 2.78. The highest BCUT2D eigenvalue weighted by Crippen LogP contribution is 2.41. The van der Waals surface area contributed by atoms with Gasteiger partial charge in [-0.05, 0) is 55.4 Å². The fourth-order valence-corrected chi connectivity index (χ4v) is 3.15. The van der Waals surface area contributed by atoms with E-state index >= 15 is 0 Å². The zero-order valence-electron chi connectivity index (χ0n) is 11.9. The fourth-order valence-electron chi connectivity index (χ4n) is 2.40. The Morgan fingerprint density at radius 3 is 2.37 bits per heavy atom. The molecule has 2 rings (SSSR count). The van der Waals surface area contributed by atoms with E-state index in [1.165, 1.54) is 24.0 Å². The minimum atomic E-state index is 0.459. The molecule has 1 aromatic rings. The monoisotopic (exact) mass is 326 g/mol. The molecule has 0 spiro atoms. The van der Waals surface area contributed by atoms with Crippen molar-refractivity contribution in [1.29, 1.82) is 0 Å². The van der Waals surface area contributed by atoms with E-state index in [9.17, 15) is 0 Å². The van der Waals surface area contributed by atoms with Crippen LogP contribution in [-0.2, 0) is 6.42 Å². The molecule has 0 saturated carbocycles. The summed E-state index contributed by atoms with van der Waals surface area (Å²) in [5, 5.41) is 0. The van der Waals surface area contributed by atoms with Crippen LogP contribution in [0.5, 0.6) is 11.5 Å². The van der Waals surface area contributed by atoms with Crippen LogP contribution in [0, 0.1) is 0 Å². The molecule has 0 amide bonds. The van der Waals surface area contributed by atoms with Gasteiger partial charge in [0.1, 0.15) is 0 Å². The molecule has 1 aromatic carbocycles. The molecule has 0 N–H and O–H groups in total. The number of ether oxygens (including phenoxy) is 2. The van der Waals surface area contributed by atoms with Crippen molar-refractivity contribution in [3.05, 3.63) is 23.3 Å². The summed E-state index contributed by atoms with van der Waals surface area (Å²) < 4.78 is 11.7. The highest BCUT2D eigenvalue weighted by Gasteiger charge is 2.21. The van der Waals surface area contributed by atoms with Crippen molar-refractivity contribution in [2.45, 2.75) is 50.8 Å². The summed E-state index contributed by atoms with van der Waals surface area (Å²) in [6.45, 7) is 5.74. The SMILES string of the molecule is CCCOc1cc2c(cc1OCCC)C(Br)CCC2. The third-order valence-electron chi connectivity index (χ3n) is 3.37. The Labute approximate surface area is 124 Å². The zero-order chi connectivity index (χ0) is 13.7. The van der Waals surface area contributed by atoms with Crippen LogP contribution in [0.1, 0.15) is 55.5 Å². The molecular formula is C16H23BrO2. The van der Waals surface area contributed by atoms with E-state index < -0.39 is 0 Å². The molecule has 0 aromatic heterocycles. The predicted molar refractivity (Wildman–Crippen MR) is 82.6 cm³/mol. The van der Waals surface area contributed by atoms with Gasteiger partial charge in [0.25, 0.3) is 0 Å². The molecule has 1 aliphatic carbocycles. The van der Waals surface area contributed by atoms with Crippen LogP contribution in [0.15, 0.2) is 12.1 Å². The molecule has 2 nitrogen and oxygen atoms in total. The second kappa shape index (κ2) is 7.18. The van der Waals surface area contributed by atoms with E-state index in [0.29, 0.717) is 4.83 Å². The maximum atomic E-state index is 5.85. The number of aryl methyl sites for hydroxylation is 1. The quantitative estimate of drug-likeness (QED) is 0.682. The first-order chi connectivity index (χ1) is 9.26. The van der Waals surface area contributed by atoms with Gasteiger partial charge in [-0.3, -0.25) is 0 Å². The predicted octanol–water partition coefficient (Wildman–Crippen LogP) is 5.04. The van der Waals surface area contributed by atoms with Gasteiger partial charge in [0.05, 0.1) is 13.2 Å². The first-order valence-corrected chi connectivity index (χ1v) is 8.24. The normalized spacial score (nSPS) is 17.9. The van der Waals surface area contributed by atoms with Gasteiger partial charge >= 0.3 is 0 Å². The van der Waals surface area contributed by atoms with E-state index in [2.05, 4.69) is 41.9 Å². The van der Waals surface area contributed by atoms with Crippen LogP contribution >= 0.6 is 15.9 Å². The average Bonchev–Trinajstić information content (AvgIpc) is 2.43. The lowest BCUT2D eigenvalue weighted by Gasteiger charge is -2.23. The summed E-state index contributed by atoms with van der Waals surface area (Å²) in [5.74, 6) is 1.82. The van der Waals surface area contributed by atoms with Crippen molar-refractivity contribution in [2.75, 3.05) is 13.2 Å². The topological polar surface area (TPSA) is 18.5 Å². The second-order valence-corrected chi connectivity index (χ2v) is 6.16. The molecule has 19 heavy (non-hydrogen) atoms. The number of rotatable bonds is 6. The van der Waals surface area contributed by atoms with Gasteiger partial charge in [0, 0.05) is 4.83 Å². The number of hydrogen-bond donors (Lipinski definition) is 0. The molecule has 1 unspecified atom stereocenters. The molecule has 3 heteroatoms. The molecule has 0 heterocycles. The van der Waals surface area contributed by atoms with E-state index in [4.69, 9.17) is 9.47 Å². The maximum Gasteiger partial charge on any atom is 0.161 e. The second-order valence-electron chi connectivity index (χ2n) is 5.05. The Balaban J connectivity index is 2.28. The van der Waals surface area contributed by atoms with Crippen molar-refractivity contribution in [2.24, 2.45) is 0 Å². The van der Waals surface area contributed by atoms with Crippen LogP contribution < -0.4 is 9.47 Å². The Hall–Kier alpha value is -0.700. The van der Waals surface area contributed by atoms with Gasteiger partial charge in [-0.25, -0.2) is 0 Å². The third kappa shape index (κ3) is 3.65. The van der Waals surface area contributed by atoms with Crippen molar-refractivity contribution >= 4 is 15.9 Å². The first kappa shape index (κ1) is 14.7. The summed E-state index contributed by atoms with van der Waals surface area (Å²) in [6, 6.07) is 4.36. The van der Waals surface area contributed by atoms with Gasteiger partial charge in [-0.15, -0.1) is 0 Å². The zero-order valence-corrected chi connectivity index (χ0v) is 13.5. The van der Waals surface area contributed by atoms with Gasteiger partial charge in [-0.2, -0.15) is 0 Å². The average molecular weight is 327 g/mol. The van der Waals surface area contributed by atoms with Crippen molar-refractivity contribution < 1.29 is 9.47 Å². The summed E-state index contributed by atoms with van der Waals surface area (Å²) in [7, 11) is 0. The third-order valence-corrected chi connectivity index (χ3v) is 4.32. The summed E-state index contributed by atoms with van der Waals surface area (Å²) in [4.78, 5) is 0.459. The molecular weight excluding hydrogens is 304 g/mol. The number of alkyl halides is 1. The smallest absolute Gasteiger partial charge is 0.161 e. The van der Waals surface area contributed by atoms with Gasteiger partial charge in [0.2, 0.25) is 0 Å². The van der Waals surface area contributed by atoms with Crippen molar-refractivity contribution in [3.8, 4) is 11.5 Å². The number of fused-ring (bicyclic) bond motifs is 1. The minimum absolute atomic E-state index is 0.459.